The zero-order valence-electron chi connectivity index (χ0n) is 19.3. The molecular weight excluding hydrogens is 432 g/mol. The third kappa shape index (κ3) is 5.67. The van der Waals surface area contributed by atoms with Crippen molar-refractivity contribution in [2.24, 2.45) is 5.73 Å². The standard InChI is InChI=1S/C25H30N6O3/c1-34-23-9-8-20(14-18(23)16-31-13-3-5-22(31)24(32)33)29-25-27-12-10-21(30-25)17-6-7-19(28-15-17)4-2-11-26/h6-10,12,14-15,22H,2-5,11,13,16,26H2,1H3,(H,32,33)(H,27,29,30). The topological polar surface area (TPSA) is 126 Å². The monoisotopic (exact) mass is 462 g/mol. The van der Waals surface area contributed by atoms with Gasteiger partial charge in [-0.3, -0.25) is 14.7 Å². The van der Waals surface area contributed by atoms with Gasteiger partial charge in [0.05, 0.1) is 12.8 Å². The molecule has 4 rings (SSSR count). The maximum Gasteiger partial charge on any atom is 0.320 e. The number of methoxy groups -OCH3 is 1. The number of aryl methyl sites for hydroxylation is 1. The van der Waals surface area contributed by atoms with Crippen LogP contribution in [0.2, 0.25) is 0 Å². The number of pyridine rings is 1. The van der Waals surface area contributed by atoms with Crippen LogP contribution in [0.1, 0.15) is 30.5 Å². The smallest absolute Gasteiger partial charge is 0.320 e. The van der Waals surface area contributed by atoms with E-state index in [-0.39, 0.29) is 0 Å². The maximum absolute atomic E-state index is 11.6. The molecule has 4 N–H and O–H groups in total. The van der Waals surface area contributed by atoms with Gasteiger partial charge >= 0.3 is 5.97 Å². The van der Waals surface area contributed by atoms with Gasteiger partial charge in [0, 0.05) is 41.4 Å². The molecule has 178 valence electrons. The number of anilines is 2. The molecule has 1 aromatic carbocycles. The van der Waals surface area contributed by atoms with Gasteiger partial charge in [-0.15, -0.1) is 0 Å². The van der Waals surface area contributed by atoms with Crippen molar-refractivity contribution in [1.82, 2.24) is 19.9 Å². The summed E-state index contributed by atoms with van der Waals surface area (Å²) in [5.74, 6) is 0.403. The molecule has 1 aliphatic heterocycles. The third-order valence-corrected chi connectivity index (χ3v) is 5.97. The van der Waals surface area contributed by atoms with Crippen LogP contribution in [0.15, 0.2) is 48.8 Å². The van der Waals surface area contributed by atoms with Crippen molar-refractivity contribution in [3.05, 3.63) is 60.0 Å². The molecule has 0 radical (unpaired) electrons. The lowest BCUT2D eigenvalue weighted by Crippen LogP contribution is -2.35. The average Bonchev–Trinajstić information content (AvgIpc) is 3.32. The first-order valence-electron chi connectivity index (χ1n) is 11.5. The Morgan fingerprint density at radius 2 is 2.15 bits per heavy atom. The van der Waals surface area contributed by atoms with E-state index in [1.165, 1.54) is 0 Å². The largest absolute Gasteiger partial charge is 0.496 e. The maximum atomic E-state index is 11.6. The molecule has 3 aromatic rings. The molecule has 9 heteroatoms. The molecule has 9 nitrogen and oxygen atoms in total. The molecule has 3 heterocycles. The lowest BCUT2D eigenvalue weighted by atomic mass is 10.1. The van der Waals surface area contributed by atoms with Gasteiger partial charge in [0.15, 0.2) is 0 Å². The molecule has 2 aromatic heterocycles. The molecule has 0 spiro atoms. The van der Waals surface area contributed by atoms with Crippen LogP contribution >= 0.6 is 0 Å². The summed E-state index contributed by atoms with van der Waals surface area (Å²) in [6, 6.07) is 11.1. The molecule has 34 heavy (non-hydrogen) atoms. The van der Waals surface area contributed by atoms with Crippen LogP contribution in [0.3, 0.4) is 0 Å². The van der Waals surface area contributed by atoms with Crippen LogP contribution in [0.5, 0.6) is 5.75 Å². The Morgan fingerprint density at radius 3 is 2.88 bits per heavy atom. The average molecular weight is 463 g/mol. The Balaban J connectivity index is 1.50. The molecule has 0 amide bonds. The second-order valence-corrected chi connectivity index (χ2v) is 8.31. The molecule has 1 atom stereocenters. The van der Waals surface area contributed by atoms with E-state index in [0.717, 1.165) is 59.8 Å². The van der Waals surface area contributed by atoms with Crippen molar-refractivity contribution >= 4 is 17.6 Å². The summed E-state index contributed by atoms with van der Waals surface area (Å²) in [5.41, 5.74) is 9.98. The van der Waals surface area contributed by atoms with E-state index in [0.29, 0.717) is 25.5 Å². The van der Waals surface area contributed by atoms with Gasteiger partial charge in [0.2, 0.25) is 5.95 Å². The summed E-state index contributed by atoms with van der Waals surface area (Å²) < 4.78 is 5.52. The molecule has 0 bridgehead atoms. The summed E-state index contributed by atoms with van der Waals surface area (Å²) in [7, 11) is 1.62. The highest BCUT2D eigenvalue weighted by molar-refractivity contribution is 5.73. The number of carboxylic acids is 1. The second-order valence-electron chi connectivity index (χ2n) is 8.31. The SMILES string of the molecule is COc1ccc(Nc2nccc(-c3ccc(CCCN)nc3)n2)cc1CN1CCCC1C(=O)O. The first kappa shape index (κ1) is 23.6. The fraction of sp³-hybridized carbons (Fsp3) is 0.360. The van der Waals surface area contributed by atoms with Crippen molar-refractivity contribution < 1.29 is 14.6 Å². The van der Waals surface area contributed by atoms with Gasteiger partial charge in [0.25, 0.3) is 0 Å². The normalized spacial score (nSPS) is 15.9. The number of nitrogens with two attached hydrogens (primary N) is 1. The molecule has 1 unspecified atom stereocenters. The van der Waals surface area contributed by atoms with E-state index in [9.17, 15) is 9.90 Å². The summed E-state index contributed by atoms with van der Waals surface area (Å²) >= 11 is 0. The highest BCUT2D eigenvalue weighted by Crippen LogP contribution is 2.29. The van der Waals surface area contributed by atoms with Crippen LogP contribution in [-0.2, 0) is 17.8 Å². The van der Waals surface area contributed by atoms with E-state index in [1.807, 2.05) is 47.5 Å². The van der Waals surface area contributed by atoms with Crippen LogP contribution in [0.4, 0.5) is 11.6 Å². The summed E-state index contributed by atoms with van der Waals surface area (Å²) in [6.07, 6.45) is 6.83. The summed E-state index contributed by atoms with van der Waals surface area (Å²) in [5, 5.41) is 12.8. The number of likely N-dealkylation sites (tertiary alicyclic amines) is 1. The zero-order valence-corrected chi connectivity index (χ0v) is 19.3. The minimum atomic E-state index is -0.780. The Kier molecular flexibility index (Phi) is 7.66. The summed E-state index contributed by atoms with van der Waals surface area (Å²) in [6.45, 7) is 1.90. The molecule has 1 aliphatic rings. The molecular formula is C25H30N6O3. The quantitative estimate of drug-likeness (QED) is 0.416. The number of nitrogens with one attached hydrogen (secondary N) is 1. The number of rotatable bonds is 10. The van der Waals surface area contributed by atoms with Gasteiger partial charge in [0.1, 0.15) is 11.8 Å². The van der Waals surface area contributed by atoms with Gasteiger partial charge in [-0.1, -0.05) is 0 Å². The minimum Gasteiger partial charge on any atom is -0.496 e. The first-order valence-corrected chi connectivity index (χ1v) is 11.5. The Bertz CT molecular complexity index is 1120. The predicted octanol–water partition coefficient (Wildman–Crippen LogP) is 3.23. The lowest BCUT2D eigenvalue weighted by molar-refractivity contribution is -0.142. The van der Waals surface area contributed by atoms with Gasteiger partial charge < -0.3 is 20.9 Å². The number of ether oxygens (including phenoxy) is 1. The number of carboxylic acid groups (broad SMARTS) is 1. The fourth-order valence-electron chi connectivity index (χ4n) is 4.21. The fourth-order valence-corrected chi connectivity index (χ4v) is 4.21. The Hall–Kier alpha value is -3.56. The van der Waals surface area contributed by atoms with E-state index < -0.39 is 12.0 Å². The zero-order chi connectivity index (χ0) is 23.9. The third-order valence-electron chi connectivity index (χ3n) is 5.97. The van der Waals surface area contributed by atoms with Gasteiger partial charge in [-0.05, 0) is 75.2 Å². The van der Waals surface area contributed by atoms with Crippen molar-refractivity contribution in [2.45, 2.75) is 38.3 Å². The van der Waals surface area contributed by atoms with Crippen molar-refractivity contribution in [3.63, 3.8) is 0 Å². The van der Waals surface area contributed by atoms with Gasteiger partial charge in [-0.2, -0.15) is 0 Å². The number of carbonyl (C=O) groups is 1. The van der Waals surface area contributed by atoms with E-state index in [1.54, 1.807) is 13.3 Å². The molecule has 1 fully saturated rings. The molecule has 0 saturated carbocycles. The highest BCUT2D eigenvalue weighted by Gasteiger charge is 2.30. The number of hydrogen-bond acceptors (Lipinski definition) is 8. The Morgan fingerprint density at radius 1 is 1.26 bits per heavy atom. The van der Waals surface area contributed by atoms with E-state index in [4.69, 9.17) is 10.5 Å². The predicted molar refractivity (Wildman–Crippen MR) is 130 cm³/mol. The van der Waals surface area contributed by atoms with Crippen LogP contribution in [-0.4, -0.2) is 57.2 Å². The van der Waals surface area contributed by atoms with Crippen molar-refractivity contribution in [1.29, 1.82) is 0 Å². The minimum absolute atomic E-state index is 0.461. The van der Waals surface area contributed by atoms with E-state index in [2.05, 4.69) is 20.3 Å². The van der Waals surface area contributed by atoms with Gasteiger partial charge in [-0.25, -0.2) is 9.97 Å². The Labute approximate surface area is 199 Å². The number of aliphatic carboxylic acids is 1. The highest BCUT2D eigenvalue weighted by atomic mass is 16.5. The number of hydrogen-bond donors (Lipinski definition) is 3. The van der Waals surface area contributed by atoms with Crippen LogP contribution < -0.4 is 15.8 Å². The lowest BCUT2D eigenvalue weighted by Gasteiger charge is -2.22. The van der Waals surface area contributed by atoms with Crippen LogP contribution in [0, 0.1) is 0 Å². The molecule has 1 saturated heterocycles. The van der Waals surface area contributed by atoms with Crippen molar-refractivity contribution in [2.75, 3.05) is 25.5 Å². The number of aromatic nitrogens is 3. The second kappa shape index (κ2) is 11.0. The first-order chi connectivity index (χ1) is 16.6. The van der Waals surface area contributed by atoms with Crippen molar-refractivity contribution in [3.8, 4) is 17.0 Å². The number of benzene rings is 1. The molecule has 0 aliphatic carbocycles. The van der Waals surface area contributed by atoms with Crippen LogP contribution in [0.25, 0.3) is 11.3 Å². The number of nitrogens with zero attached hydrogens (tertiary/aromatic N) is 4. The summed E-state index contributed by atoms with van der Waals surface area (Å²) in [4.78, 5) is 27.0. The van der Waals surface area contributed by atoms with E-state index >= 15 is 0 Å².